The predicted octanol–water partition coefficient (Wildman–Crippen LogP) is 2.54. The molecule has 1 heterocycles. The minimum Gasteiger partial charge on any atom is -0.319 e. The first-order valence-corrected chi connectivity index (χ1v) is 8.26. The summed E-state index contributed by atoms with van der Waals surface area (Å²) in [4.78, 5) is 4.52. The van der Waals surface area contributed by atoms with Crippen molar-refractivity contribution in [3.8, 4) is 0 Å². The lowest BCUT2D eigenvalue weighted by Crippen LogP contribution is -2.56. The number of aryl methyl sites for hydroxylation is 1. The minimum absolute atomic E-state index is 0.324. The number of nitrogens with zero attached hydrogens (tertiary/aromatic N) is 3. The predicted molar refractivity (Wildman–Crippen MR) is 77.8 cm³/mol. The summed E-state index contributed by atoms with van der Waals surface area (Å²) in [5.74, 6) is 5.23. The zero-order valence-corrected chi connectivity index (χ0v) is 12.6. The molecular formula is C16H26N4. The smallest absolute Gasteiger partial charge is 0.146 e. The van der Waals surface area contributed by atoms with Gasteiger partial charge in [0.15, 0.2) is 0 Å². The Labute approximate surface area is 121 Å². The van der Waals surface area contributed by atoms with Gasteiger partial charge < -0.3 is 5.73 Å². The molecule has 4 fully saturated rings. The fraction of sp³-hybridized carbons (Fsp3) is 0.875. The van der Waals surface area contributed by atoms with Crippen molar-refractivity contribution >= 4 is 0 Å². The highest BCUT2D eigenvalue weighted by molar-refractivity contribution is 5.12. The van der Waals surface area contributed by atoms with Gasteiger partial charge in [0.25, 0.3) is 0 Å². The second-order valence-electron chi connectivity index (χ2n) is 7.64. The van der Waals surface area contributed by atoms with Crippen LogP contribution in [0.1, 0.15) is 51.8 Å². The van der Waals surface area contributed by atoms with E-state index in [2.05, 4.69) is 23.9 Å². The van der Waals surface area contributed by atoms with Crippen molar-refractivity contribution in [3.05, 3.63) is 12.2 Å². The third kappa shape index (κ3) is 1.70. The third-order valence-electron chi connectivity index (χ3n) is 6.32. The van der Waals surface area contributed by atoms with E-state index in [9.17, 15) is 0 Å². The number of nitrogens with two attached hydrogens (primary N) is 1. The van der Waals surface area contributed by atoms with E-state index in [1.54, 1.807) is 6.33 Å². The third-order valence-corrected chi connectivity index (χ3v) is 6.32. The molecule has 0 aromatic carbocycles. The normalized spacial score (nSPS) is 41.9. The summed E-state index contributed by atoms with van der Waals surface area (Å²) in [5, 5.41) is 4.34. The lowest BCUT2D eigenvalue weighted by molar-refractivity contribution is -0.0701. The van der Waals surface area contributed by atoms with E-state index in [1.807, 2.05) is 4.68 Å². The van der Waals surface area contributed by atoms with Gasteiger partial charge in [-0.1, -0.05) is 0 Å². The number of hydrogen-bond acceptors (Lipinski definition) is 3. The van der Waals surface area contributed by atoms with Gasteiger partial charge in [0.05, 0.1) is 5.54 Å². The van der Waals surface area contributed by atoms with E-state index < -0.39 is 0 Å². The molecule has 0 saturated heterocycles. The molecule has 2 N–H and O–H groups in total. The lowest BCUT2D eigenvalue weighted by atomic mass is 9.48. The first-order valence-electron chi connectivity index (χ1n) is 8.26. The quantitative estimate of drug-likeness (QED) is 0.921. The average Bonchev–Trinajstić information content (AvgIpc) is 2.86. The van der Waals surface area contributed by atoms with Crippen molar-refractivity contribution in [1.82, 2.24) is 14.8 Å². The topological polar surface area (TPSA) is 56.7 Å². The zero-order chi connectivity index (χ0) is 13.9. The van der Waals surface area contributed by atoms with Gasteiger partial charge in [0, 0.05) is 6.54 Å². The van der Waals surface area contributed by atoms with Crippen molar-refractivity contribution in [3.63, 3.8) is 0 Å². The van der Waals surface area contributed by atoms with Gasteiger partial charge in [-0.2, -0.15) is 5.10 Å². The summed E-state index contributed by atoms with van der Waals surface area (Å²) in [6.45, 7) is 5.18. The number of aromatic nitrogens is 3. The molecule has 20 heavy (non-hydrogen) atoms. The van der Waals surface area contributed by atoms with Crippen LogP contribution < -0.4 is 5.73 Å². The van der Waals surface area contributed by atoms with Gasteiger partial charge in [0.2, 0.25) is 0 Å². The maximum atomic E-state index is 6.86. The molecule has 0 aliphatic heterocycles. The first-order chi connectivity index (χ1) is 9.59. The van der Waals surface area contributed by atoms with Crippen LogP contribution in [0, 0.1) is 29.6 Å². The van der Waals surface area contributed by atoms with Gasteiger partial charge in [0.1, 0.15) is 12.2 Å². The van der Waals surface area contributed by atoms with E-state index in [-0.39, 0.29) is 5.54 Å². The Kier molecular flexibility index (Phi) is 2.75. The molecule has 0 radical (unpaired) electrons. The molecule has 1 unspecified atom stereocenters. The van der Waals surface area contributed by atoms with Crippen molar-refractivity contribution in [2.24, 2.45) is 35.3 Å². The summed E-state index contributed by atoms with van der Waals surface area (Å²) in [5.41, 5.74) is 6.54. The van der Waals surface area contributed by atoms with E-state index in [1.165, 1.54) is 32.1 Å². The minimum atomic E-state index is -0.324. The molecule has 110 valence electrons. The molecule has 4 heteroatoms. The Morgan fingerprint density at radius 2 is 1.80 bits per heavy atom. The van der Waals surface area contributed by atoms with Gasteiger partial charge in [-0.15, -0.1) is 0 Å². The Morgan fingerprint density at radius 3 is 2.35 bits per heavy atom. The molecule has 4 aliphatic rings. The Morgan fingerprint density at radius 1 is 1.20 bits per heavy atom. The molecule has 4 bridgehead atoms. The van der Waals surface area contributed by atoms with Crippen molar-refractivity contribution in [1.29, 1.82) is 0 Å². The molecule has 1 aromatic rings. The summed E-state index contributed by atoms with van der Waals surface area (Å²) < 4.78 is 1.99. The largest absolute Gasteiger partial charge is 0.319 e. The molecule has 0 spiro atoms. The monoisotopic (exact) mass is 274 g/mol. The summed E-state index contributed by atoms with van der Waals surface area (Å²) in [7, 11) is 0. The standard InChI is InChI=1S/C16H26N4/c1-3-20-15(18-9-19-20)16(2,17)14-12-5-10-4-11(7-12)8-13(14)6-10/h9-14H,3-8,17H2,1-2H3. The van der Waals surface area contributed by atoms with Gasteiger partial charge in [-0.3, -0.25) is 0 Å². The first kappa shape index (κ1) is 12.8. The summed E-state index contributed by atoms with van der Waals surface area (Å²) in [6, 6.07) is 0. The fourth-order valence-electron chi connectivity index (χ4n) is 5.97. The van der Waals surface area contributed by atoms with Gasteiger partial charge in [-0.25, -0.2) is 9.67 Å². The Balaban J connectivity index is 1.69. The molecule has 4 aliphatic carbocycles. The van der Waals surface area contributed by atoms with E-state index in [4.69, 9.17) is 5.73 Å². The highest BCUT2D eigenvalue weighted by Crippen LogP contribution is 2.59. The van der Waals surface area contributed by atoms with Crippen LogP contribution in [0.15, 0.2) is 6.33 Å². The SMILES string of the molecule is CCn1ncnc1C(C)(N)C1C2CC3CC(C2)CC1C3. The van der Waals surface area contributed by atoms with Crippen LogP contribution in [0.4, 0.5) is 0 Å². The number of rotatable bonds is 3. The van der Waals surface area contributed by atoms with Crippen molar-refractivity contribution < 1.29 is 0 Å². The molecular weight excluding hydrogens is 248 g/mol. The Hall–Kier alpha value is -0.900. The summed E-state index contributed by atoms with van der Waals surface area (Å²) in [6.07, 6.45) is 8.79. The number of hydrogen-bond donors (Lipinski definition) is 1. The molecule has 1 atom stereocenters. The van der Waals surface area contributed by atoms with Crippen molar-refractivity contribution in [2.75, 3.05) is 0 Å². The molecule has 5 rings (SSSR count). The maximum absolute atomic E-state index is 6.86. The van der Waals surface area contributed by atoms with Gasteiger partial charge >= 0.3 is 0 Å². The van der Waals surface area contributed by atoms with Crippen LogP contribution in [0.3, 0.4) is 0 Å². The van der Waals surface area contributed by atoms with Crippen LogP contribution in [0.2, 0.25) is 0 Å². The average molecular weight is 274 g/mol. The van der Waals surface area contributed by atoms with Gasteiger partial charge in [-0.05, 0) is 75.5 Å². The van der Waals surface area contributed by atoms with Crippen LogP contribution in [0.25, 0.3) is 0 Å². The van der Waals surface area contributed by atoms with Crippen molar-refractivity contribution in [2.45, 2.75) is 58.0 Å². The van der Waals surface area contributed by atoms with E-state index >= 15 is 0 Å². The zero-order valence-electron chi connectivity index (χ0n) is 12.6. The second-order valence-corrected chi connectivity index (χ2v) is 7.64. The maximum Gasteiger partial charge on any atom is 0.146 e. The summed E-state index contributed by atoms with van der Waals surface area (Å²) >= 11 is 0. The van der Waals surface area contributed by atoms with Crippen LogP contribution in [0.5, 0.6) is 0 Å². The second kappa shape index (κ2) is 4.30. The fourth-order valence-corrected chi connectivity index (χ4v) is 5.97. The lowest BCUT2D eigenvalue weighted by Gasteiger charge is -2.58. The molecule has 0 amide bonds. The Bertz CT molecular complexity index is 476. The molecule has 4 saturated carbocycles. The van der Waals surface area contributed by atoms with Crippen LogP contribution in [-0.4, -0.2) is 14.8 Å². The van der Waals surface area contributed by atoms with E-state index in [0.29, 0.717) is 5.92 Å². The van der Waals surface area contributed by atoms with E-state index in [0.717, 1.165) is 36.0 Å². The van der Waals surface area contributed by atoms with Crippen LogP contribution in [-0.2, 0) is 12.1 Å². The molecule has 4 nitrogen and oxygen atoms in total. The highest BCUT2D eigenvalue weighted by atomic mass is 15.3. The van der Waals surface area contributed by atoms with Crippen LogP contribution >= 0.6 is 0 Å². The highest BCUT2D eigenvalue weighted by Gasteiger charge is 2.54. The molecule has 1 aromatic heterocycles.